The molecular formula is C10H24N2. The molecule has 0 aromatic heterocycles. The average molecular weight is 172 g/mol. The zero-order valence-electron chi connectivity index (χ0n) is 9.22. The summed E-state index contributed by atoms with van der Waals surface area (Å²) in [5.41, 5.74) is 5.88. The first-order valence-corrected chi connectivity index (χ1v) is 4.92. The van der Waals surface area contributed by atoms with E-state index in [-0.39, 0.29) is 5.54 Å². The second-order valence-electron chi connectivity index (χ2n) is 4.30. The van der Waals surface area contributed by atoms with Gasteiger partial charge in [0.05, 0.1) is 0 Å². The van der Waals surface area contributed by atoms with E-state index in [2.05, 4.69) is 39.5 Å². The lowest BCUT2D eigenvalue weighted by atomic mass is 10.0. The molecule has 0 fully saturated rings. The third-order valence-corrected chi connectivity index (χ3v) is 2.36. The van der Waals surface area contributed by atoms with Gasteiger partial charge in [-0.1, -0.05) is 6.92 Å². The van der Waals surface area contributed by atoms with Crippen molar-refractivity contribution in [2.75, 3.05) is 13.1 Å². The molecule has 0 spiro atoms. The van der Waals surface area contributed by atoms with Crippen LogP contribution in [0.15, 0.2) is 0 Å². The molecule has 12 heavy (non-hydrogen) atoms. The first kappa shape index (κ1) is 11.9. The van der Waals surface area contributed by atoms with Crippen molar-refractivity contribution >= 4 is 0 Å². The molecule has 0 amide bonds. The number of nitrogens with zero attached hydrogens (tertiary/aromatic N) is 1. The summed E-state index contributed by atoms with van der Waals surface area (Å²) < 4.78 is 0. The van der Waals surface area contributed by atoms with Gasteiger partial charge < -0.3 is 5.73 Å². The van der Waals surface area contributed by atoms with Crippen LogP contribution >= 0.6 is 0 Å². The van der Waals surface area contributed by atoms with Crippen LogP contribution in [-0.4, -0.2) is 29.6 Å². The van der Waals surface area contributed by atoms with Crippen LogP contribution in [0.1, 0.15) is 41.0 Å². The second-order valence-corrected chi connectivity index (χ2v) is 4.30. The van der Waals surface area contributed by atoms with E-state index >= 15 is 0 Å². The number of hydrogen-bond donors (Lipinski definition) is 1. The topological polar surface area (TPSA) is 29.3 Å². The van der Waals surface area contributed by atoms with Crippen LogP contribution < -0.4 is 5.73 Å². The first-order chi connectivity index (χ1) is 5.45. The molecule has 2 N–H and O–H groups in total. The Bertz CT molecular complexity index is 119. The summed E-state index contributed by atoms with van der Waals surface area (Å²) in [6.07, 6.45) is 1.20. The Balaban J connectivity index is 4.27. The van der Waals surface area contributed by atoms with Crippen molar-refractivity contribution in [2.45, 2.75) is 52.6 Å². The molecule has 0 aliphatic rings. The van der Waals surface area contributed by atoms with Gasteiger partial charge in [-0.15, -0.1) is 0 Å². The molecule has 0 aliphatic carbocycles. The van der Waals surface area contributed by atoms with E-state index in [4.69, 9.17) is 5.73 Å². The zero-order chi connectivity index (χ0) is 9.78. The van der Waals surface area contributed by atoms with Gasteiger partial charge in [-0.3, -0.25) is 4.90 Å². The normalized spacial score (nSPS) is 13.0. The Hall–Kier alpha value is -0.0800. The van der Waals surface area contributed by atoms with Gasteiger partial charge in [0, 0.05) is 18.1 Å². The summed E-state index contributed by atoms with van der Waals surface area (Å²) in [7, 11) is 0. The zero-order valence-corrected chi connectivity index (χ0v) is 9.22. The van der Waals surface area contributed by atoms with E-state index in [1.165, 1.54) is 6.42 Å². The fraction of sp³-hybridized carbons (Fsp3) is 1.00. The minimum atomic E-state index is 0.143. The molecule has 0 saturated heterocycles. The van der Waals surface area contributed by atoms with Crippen molar-refractivity contribution < 1.29 is 0 Å². The maximum absolute atomic E-state index is 5.73. The average Bonchev–Trinajstić information content (AvgIpc) is 1.99. The number of hydrogen-bond acceptors (Lipinski definition) is 2. The molecule has 0 heterocycles. The summed E-state index contributed by atoms with van der Waals surface area (Å²) in [5.74, 6) is 0. The summed E-state index contributed by atoms with van der Waals surface area (Å²) in [5, 5.41) is 0. The lowest BCUT2D eigenvalue weighted by Crippen LogP contribution is -2.52. The van der Waals surface area contributed by atoms with Crippen LogP contribution in [0.25, 0.3) is 0 Å². The van der Waals surface area contributed by atoms with Crippen molar-refractivity contribution in [3.63, 3.8) is 0 Å². The van der Waals surface area contributed by atoms with Gasteiger partial charge >= 0.3 is 0 Å². The largest absolute Gasteiger partial charge is 0.329 e. The van der Waals surface area contributed by atoms with Crippen molar-refractivity contribution in [1.29, 1.82) is 0 Å². The van der Waals surface area contributed by atoms with Crippen molar-refractivity contribution in [1.82, 2.24) is 4.90 Å². The van der Waals surface area contributed by atoms with Crippen LogP contribution in [0.5, 0.6) is 0 Å². The fourth-order valence-electron chi connectivity index (χ4n) is 1.62. The molecule has 0 radical (unpaired) electrons. The Labute approximate surface area is 77.1 Å². The van der Waals surface area contributed by atoms with E-state index < -0.39 is 0 Å². The quantitative estimate of drug-likeness (QED) is 0.685. The predicted octanol–water partition coefficient (Wildman–Crippen LogP) is 1.84. The van der Waals surface area contributed by atoms with Gasteiger partial charge in [0.1, 0.15) is 0 Å². The van der Waals surface area contributed by atoms with Crippen LogP contribution in [0.4, 0.5) is 0 Å². The number of rotatable bonds is 5. The maximum Gasteiger partial charge on any atom is 0.0278 e. The number of nitrogens with two attached hydrogens (primary N) is 1. The molecule has 0 bridgehead atoms. The lowest BCUT2D eigenvalue weighted by molar-refractivity contribution is 0.0908. The molecule has 0 aromatic rings. The molecule has 0 aliphatic heterocycles. The molecule has 0 rings (SSSR count). The summed E-state index contributed by atoms with van der Waals surface area (Å²) in [6.45, 7) is 13.0. The Morgan fingerprint density at radius 1 is 1.33 bits per heavy atom. The Morgan fingerprint density at radius 3 is 2.08 bits per heavy atom. The van der Waals surface area contributed by atoms with E-state index in [0.717, 1.165) is 13.1 Å². The molecule has 2 heteroatoms. The fourth-order valence-corrected chi connectivity index (χ4v) is 1.62. The van der Waals surface area contributed by atoms with Crippen LogP contribution in [-0.2, 0) is 0 Å². The third kappa shape index (κ3) is 3.11. The SMILES string of the molecule is CCCN(C(C)C)C(C)(C)CN. The van der Waals surface area contributed by atoms with Crippen LogP contribution in [0.2, 0.25) is 0 Å². The van der Waals surface area contributed by atoms with Crippen molar-refractivity contribution in [3.05, 3.63) is 0 Å². The molecule has 0 unspecified atom stereocenters. The molecule has 2 nitrogen and oxygen atoms in total. The predicted molar refractivity (Wildman–Crippen MR) is 55.3 cm³/mol. The highest BCUT2D eigenvalue weighted by Crippen LogP contribution is 2.16. The van der Waals surface area contributed by atoms with Gasteiger partial charge in [-0.25, -0.2) is 0 Å². The first-order valence-electron chi connectivity index (χ1n) is 4.92. The standard InChI is InChI=1S/C10H24N2/c1-6-7-12(9(2)3)10(4,5)8-11/h9H,6-8,11H2,1-5H3. The van der Waals surface area contributed by atoms with Gasteiger partial charge in [0.2, 0.25) is 0 Å². The van der Waals surface area contributed by atoms with Crippen LogP contribution in [0, 0.1) is 0 Å². The molecule has 0 atom stereocenters. The lowest BCUT2D eigenvalue weighted by Gasteiger charge is -2.40. The van der Waals surface area contributed by atoms with E-state index in [1.54, 1.807) is 0 Å². The third-order valence-electron chi connectivity index (χ3n) is 2.36. The second kappa shape index (κ2) is 4.83. The maximum atomic E-state index is 5.73. The van der Waals surface area contributed by atoms with Gasteiger partial charge in [-0.2, -0.15) is 0 Å². The molecule has 74 valence electrons. The van der Waals surface area contributed by atoms with E-state index in [1.807, 2.05) is 0 Å². The van der Waals surface area contributed by atoms with Crippen molar-refractivity contribution in [2.24, 2.45) is 5.73 Å². The Kier molecular flexibility index (Phi) is 4.80. The van der Waals surface area contributed by atoms with Crippen molar-refractivity contribution in [3.8, 4) is 0 Å². The Morgan fingerprint density at radius 2 is 1.83 bits per heavy atom. The smallest absolute Gasteiger partial charge is 0.0278 e. The highest BCUT2D eigenvalue weighted by molar-refractivity contribution is 4.84. The molecule has 0 aromatic carbocycles. The molecule has 0 saturated carbocycles. The summed E-state index contributed by atoms with van der Waals surface area (Å²) in [4.78, 5) is 2.47. The highest BCUT2D eigenvalue weighted by atomic mass is 15.2. The molecular weight excluding hydrogens is 148 g/mol. The van der Waals surface area contributed by atoms with E-state index in [9.17, 15) is 0 Å². The highest BCUT2D eigenvalue weighted by Gasteiger charge is 2.26. The summed E-state index contributed by atoms with van der Waals surface area (Å²) >= 11 is 0. The van der Waals surface area contributed by atoms with Gasteiger partial charge in [0.15, 0.2) is 0 Å². The monoisotopic (exact) mass is 172 g/mol. The van der Waals surface area contributed by atoms with Crippen LogP contribution in [0.3, 0.4) is 0 Å². The summed E-state index contributed by atoms with van der Waals surface area (Å²) in [6, 6.07) is 0.587. The van der Waals surface area contributed by atoms with Gasteiger partial charge in [0.25, 0.3) is 0 Å². The minimum Gasteiger partial charge on any atom is -0.329 e. The van der Waals surface area contributed by atoms with E-state index in [0.29, 0.717) is 6.04 Å². The van der Waals surface area contributed by atoms with Gasteiger partial charge in [-0.05, 0) is 40.7 Å². The minimum absolute atomic E-state index is 0.143.